The van der Waals surface area contributed by atoms with E-state index in [-0.39, 0.29) is 18.7 Å². The van der Waals surface area contributed by atoms with E-state index in [0.717, 1.165) is 0 Å². The fourth-order valence-electron chi connectivity index (χ4n) is 0.381. The number of ketones is 1. The number of nitrogens with two attached hydrogens (primary N) is 1. The van der Waals surface area contributed by atoms with Crippen LogP contribution in [0.1, 0.15) is 6.42 Å². The van der Waals surface area contributed by atoms with Crippen molar-refractivity contribution in [2.75, 3.05) is 6.54 Å². The van der Waals surface area contributed by atoms with Crippen molar-refractivity contribution >= 4 is 18.0 Å². The van der Waals surface area contributed by atoms with Gasteiger partial charge in [-0.2, -0.15) is 0 Å². The number of carbonyl (C=O) groups is 2. The van der Waals surface area contributed by atoms with Gasteiger partial charge in [0.15, 0.2) is 5.78 Å². The van der Waals surface area contributed by atoms with Crippen LogP contribution in [0.2, 0.25) is 0 Å². The number of amides is 2. The highest BCUT2D eigenvalue weighted by Crippen LogP contribution is 1.75. The molecule has 0 aliphatic carbocycles. The predicted octanol–water partition coefficient (Wildman–Crippen LogP) is -0.737. The van der Waals surface area contributed by atoms with Gasteiger partial charge in [0, 0.05) is 13.0 Å². The van der Waals surface area contributed by atoms with Crippen molar-refractivity contribution in [3.8, 4) is 0 Å². The smallest absolute Gasteiger partial charge is 0.312 e. The molecular formula is C5H9N3O2. The van der Waals surface area contributed by atoms with E-state index in [1.54, 1.807) is 0 Å². The molecule has 0 aromatic heterocycles. The maximum Gasteiger partial charge on any atom is 0.312 e. The third kappa shape index (κ3) is 4.76. The minimum atomic E-state index is -0.655. The lowest BCUT2D eigenvalue weighted by Gasteiger charge is -1.96. The molecule has 56 valence electrons. The zero-order valence-corrected chi connectivity index (χ0v) is 5.39. The zero-order valence-electron chi connectivity index (χ0n) is 5.39. The topological polar surface area (TPSA) is 96.0 Å². The van der Waals surface area contributed by atoms with Gasteiger partial charge in [-0.25, -0.2) is 4.79 Å². The van der Waals surface area contributed by atoms with Crippen LogP contribution in [0, 0.1) is 5.41 Å². The van der Waals surface area contributed by atoms with E-state index in [0.29, 0.717) is 6.21 Å². The number of hydrogen-bond acceptors (Lipinski definition) is 3. The van der Waals surface area contributed by atoms with Gasteiger partial charge >= 0.3 is 6.03 Å². The minimum Gasteiger partial charge on any atom is -0.352 e. The standard InChI is InChI=1S/C5H9N3O2/c6-3-4(9)1-2-8-5(7)10/h3,6H,1-2H2,(H3,7,8,10). The lowest BCUT2D eigenvalue weighted by Crippen LogP contribution is -2.31. The highest BCUT2D eigenvalue weighted by molar-refractivity contribution is 6.26. The van der Waals surface area contributed by atoms with E-state index in [1.165, 1.54) is 0 Å². The van der Waals surface area contributed by atoms with Crippen LogP contribution in [-0.2, 0) is 4.79 Å². The first kappa shape index (κ1) is 8.61. The monoisotopic (exact) mass is 143 g/mol. The second-order valence-electron chi connectivity index (χ2n) is 1.65. The summed E-state index contributed by atoms with van der Waals surface area (Å²) in [4.78, 5) is 20.4. The van der Waals surface area contributed by atoms with E-state index in [1.807, 2.05) is 0 Å². The average molecular weight is 143 g/mol. The number of nitrogens with one attached hydrogen (secondary N) is 2. The van der Waals surface area contributed by atoms with Crippen molar-refractivity contribution in [1.82, 2.24) is 5.32 Å². The molecule has 0 fully saturated rings. The fraction of sp³-hybridized carbons (Fsp3) is 0.400. The Morgan fingerprint density at radius 3 is 2.60 bits per heavy atom. The van der Waals surface area contributed by atoms with Gasteiger partial charge in [0.1, 0.15) is 0 Å². The summed E-state index contributed by atoms with van der Waals surface area (Å²) in [5.74, 6) is -0.325. The molecule has 0 spiro atoms. The first-order chi connectivity index (χ1) is 4.66. The molecule has 0 atom stereocenters. The van der Waals surface area contributed by atoms with Gasteiger partial charge in [-0.15, -0.1) is 0 Å². The Morgan fingerprint density at radius 1 is 1.60 bits per heavy atom. The van der Waals surface area contributed by atoms with Crippen molar-refractivity contribution in [3.63, 3.8) is 0 Å². The molecule has 0 heterocycles. The predicted molar refractivity (Wildman–Crippen MR) is 36.0 cm³/mol. The van der Waals surface area contributed by atoms with E-state index in [2.05, 4.69) is 5.32 Å². The number of Topliss-reactive ketones (excluding diaryl/α,β-unsaturated/α-hetero) is 1. The Bertz CT molecular complexity index is 155. The molecule has 0 aliphatic heterocycles. The average Bonchev–Trinajstić information content (AvgIpc) is 1.87. The van der Waals surface area contributed by atoms with Gasteiger partial charge in [0.2, 0.25) is 0 Å². The van der Waals surface area contributed by atoms with E-state index in [4.69, 9.17) is 11.1 Å². The number of rotatable bonds is 4. The Labute approximate surface area is 58.1 Å². The first-order valence-corrected chi connectivity index (χ1v) is 2.73. The van der Waals surface area contributed by atoms with E-state index >= 15 is 0 Å². The fourth-order valence-corrected chi connectivity index (χ4v) is 0.381. The molecule has 0 aromatic rings. The quantitative estimate of drug-likeness (QED) is 0.452. The lowest BCUT2D eigenvalue weighted by molar-refractivity contribution is -0.112. The number of urea groups is 1. The summed E-state index contributed by atoms with van der Waals surface area (Å²) in [6.07, 6.45) is 0.842. The van der Waals surface area contributed by atoms with Crippen molar-refractivity contribution in [2.45, 2.75) is 6.42 Å². The van der Waals surface area contributed by atoms with Crippen molar-refractivity contribution < 1.29 is 9.59 Å². The Balaban J connectivity index is 3.28. The van der Waals surface area contributed by atoms with Crippen LogP contribution in [0.25, 0.3) is 0 Å². The molecule has 0 radical (unpaired) electrons. The van der Waals surface area contributed by atoms with Crippen LogP contribution >= 0.6 is 0 Å². The molecule has 0 bridgehead atoms. The minimum absolute atomic E-state index is 0.131. The largest absolute Gasteiger partial charge is 0.352 e. The summed E-state index contributed by atoms with van der Waals surface area (Å²) in [5, 5.41) is 8.70. The normalized spacial score (nSPS) is 8.40. The molecule has 0 unspecified atom stereocenters. The van der Waals surface area contributed by atoms with Crippen molar-refractivity contribution in [2.24, 2.45) is 5.73 Å². The van der Waals surface area contributed by atoms with E-state index < -0.39 is 6.03 Å². The third-order valence-electron chi connectivity index (χ3n) is 0.832. The second-order valence-corrected chi connectivity index (χ2v) is 1.65. The van der Waals surface area contributed by atoms with Crippen molar-refractivity contribution in [1.29, 1.82) is 5.41 Å². The van der Waals surface area contributed by atoms with Crippen molar-refractivity contribution in [3.05, 3.63) is 0 Å². The first-order valence-electron chi connectivity index (χ1n) is 2.73. The molecule has 2 amide bonds. The van der Waals surface area contributed by atoms with Crippen LogP contribution < -0.4 is 11.1 Å². The van der Waals surface area contributed by atoms with Crippen LogP contribution in [0.4, 0.5) is 4.79 Å². The summed E-state index contributed by atoms with van der Waals surface area (Å²) in [7, 11) is 0. The van der Waals surface area contributed by atoms with Crippen LogP contribution in [0.15, 0.2) is 0 Å². The van der Waals surface area contributed by atoms with Gasteiger partial charge in [-0.1, -0.05) is 0 Å². The third-order valence-corrected chi connectivity index (χ3v) is 0.832. The van der Waals surface area contributed by atoms with Gasteiger partial charge in [-0.3, -0.25) is 4.79 Å². The lowest BCUT2D eigenvalue weighted by atomic mass is 10.3. The number of hydrogen-bond donors (Lipinski definition) is 3. The van der Waals surface area contributed by atoms with Crippen LogP contribution in [0.3, 0.4) is 0 Å². The highest BCUT2D eigenvalue weighted by atomic mass is 16.2. The van der Waals surface area contributed by atoms with Gasteiger partial charge < -0.3 is 16.5 Å². The van der Waals surface area contributed by atoms with Crippen LogP contribution in [-0.4, -0.2) is 24.6 Å². The molecule has 10 heavy (non-hydrogen) atoms. The molecule has 5 nitrogen and oxygen atoms in total. The molecule has 5 heteroatoms. The van der Waals surface area contributed by atoms with Crippen LogP contribution in [0.5, 0.6) is 0 Å². The van der Waals surface area contributed by atoms with E-state index in [9.17, 15) is 9.59 Å². The second kappa shape index (κ2) is 4.49. The SMILES string of the molecule is N=CC(=O)CCNC(N)=O. The molecule has 0 saturated heterocycles. The summed E-state index contributed by atoms with van der Waals surface area (Å²) in [6, 6.07) is -0.655. The Kier molecular flexibility index (Phi) is 3.86. The molecular weight excluding hydrogens is 134 g/mol. The Morgan fingerprint density at radius 2 is 2.20 bits per heavy atom. The summed E-state index contributed by atoms with van der Waals surface area (Å²) >= 11 is 0. The molecule has 0 aliphatic rings. The molecule has 4 N–H and O–H groups in total. The Hall–Kier alpha value is -1.39. The summed E-state index contributed by atoms with van der Waals surface area (Å²) in [6.45, 7) is 0.198. The molecule has 0 saturated carbocycles. The highest BCUT2D eigenvalue weighted by Gasteiger charge is 1.96. The van der Waals surface area contributed by atoms with Gasteiger partial charge in [0.05, 0.1) is 6.21 Å². The molecule has 0 aromatic carbocycles. The maximum absolute atomic E-state index is 10.4. The van der Waals surface area contributed by atoms with Gasteiger partial charge in [0.25, 0.3) is 0 Å². The number of primary amides is 1. The summed E-state index contributed by atoms with van der Waals surface area (Å²) in [5.41, 5.74) is 4.70. The number of carbonyl (C=O) groups excluding carboxylic acids is 2. The summed E-state index contributed by atoms with van der Waals surface area (Å²) < 4.78 is 0. The maximum atomic E-state index is 10.4. The molecule has 0 rings (SSSR count). The zero-order chi connectivity index (χ0) is 7.98. The van der Waals surface area contributed by atoms with Gasteiger partial charge in [-0.05, 0) is 0 Å².